The molecule has 0 atom stereocenters. The number of anilines is 1. The average Bonchev–Trinajstić information content (AvgIpc) is 2.43. The first-order chi connectivity index (χ1) is 9.24. The highest BCUT2D eigenvalue weighted by atomic mass is 16.6. The van der Waals surface area contributed by atoms with Gasteiger partial charge in [0.2, 0.25) is 0 Å². The van der Waals surface area contributed by atoms with Crippen molar-refractivity contribution in [2.24, 2.45) is 0 Å². The molecule has 2 aromatic rings. The standard InChI is InChI=1S/C13H16N4O2/c1-2-14-7-8-16-12-3-4-13(17(18)19)11-9-15-6-5-10(11)12/h3-6,9,14,16H,2,7-8H2,1H3. The minimum atomic E-state index is -0.383. The molecular formula is C13H16N4O2. The van der Waals surface area contributed by atoms with Crippen LogP contribution in [0.2, 0.25) is 0 Å². The van der Waals surface area contributed by atoms with Crippen molar-refractivity contribution in [3.63, 3.8) is 0 Å². The Balaban J connectivity index is 2.30. The van der Waals surface area contributed by atoms with Gasteiger partial charge in [-0.1, -0.05) is 6.92 Å². The van der Waals surface area contributed by atoms with Crippen LogP contribution in [0.5, 0.6) is 0 Å². The quantitative estimate of drug-likeness (QED) is 0.472. The lowest BCUT2D eigenvalue weighted by molar-refractivity contribution is -0.383. The van der Waals surface area contributed by atoms with Gasteiger partial charge in [0.25, 0.3) is 5.69 Å². The van der Waals surface area contributed by atoms with E-state index >= 15 is 0 Å². The summed E-state index contributed by atoms with van der Waals surface area (Å²) >= 11 is 0. The molecule has 1 heterocycles. The topological polar surface area (TPSA) is 80.1 Å². The third-order valence-corrected chi connectivity index (χ3v) is 2.86. The van der Waals surface area contributed by atoms with Crippen LogP contribution >= 0.6 is 0 Å². The van der Waals surface area contributed by atoms with Gasteiger partial charge in [0.15, 0.2) is 0 Å². The molecule has 0 radical (unpaired) electrons. The first-order valence-corrected chi connectivity index (χ1v) is 6.19. The number of nitro groups is 1. The number of non-ortho nitro benzene ring substituents is 1. The number of rotatable bonds is 6. The number of likely N-dealkylation sites (N-methyl/N-ethyl adjacent to an activating group) is 1. The fourth-order valence-corrected chi connectivity index (χ4v) is 1.95. The Morgan fingerprint density at radius 1 is 1.26 bits per heavy atom. The second-order valence-electron chi connectivity index (χ2n) is 4.09. The van der Waals surface area contributed by atoms with Gasteiger partial charge < -0.3 is 10.6 Å². The highest BCUT2D eigenvalue weighted by molar-refractivity contribution is 5.99. The fourth-order valence-electron chi connectivity index (χ4n) is 1.95. The maximum absolute atomic E-state index is 11.0. The van der Waals surface area contributed by atoms with Crippen LogP contribution in [0, 0.1) is 10.1 Å². The van der Waals surface area contributed by atoms with Gasteiger partial charge in [0.1, 0.15) is 0 Å². The van der Waals surface area contributed by atoms with E-state index in [1.807, 2.05) is 6.92 Å². The number of nitro benzene ring substituents is 1. The Morgan fingerprint density at radius 2 is 2.11 bits per heavy atom. The van der Waals surface area contributed by atoms with Crippen molar-refractivity contribution in [2.45, 2.75) is 6.92 Å². The van der Waals surface area contributed by atoms with E-state index < -0.39 is 0 Å². The van der Waals surface area contributed by atoms with Crippen LogP contribution < -0.4 is 10.6 Å². The summed E-state index contributed by atoms with van der Waals surface area (Å²) in [5.41, 5.74) is 0.973. The normalized spacial score (nSPS) is 10.6. The van der Waals surface area contributed by atoms with Crippen LogP contribution in [-0.4, -0.2) is 29.5 Å². The number of hydrogen-bond acceptors (Lipinski definition) is 5. The van der Waals surface area contributed by atoms with Crippen molar-refractivity contribution in [1.29, 1.82) is 0 Å². The average molecular weight is 260 g/mol. The molecule has 2 rings (SSSR count). The summed E-state index contributed by atoms with van der Waals surface area (Å²) in [6.07, 6.45) is 3.17. The smallest absolute Gasteiger partial charge is 0.278 e. The third-order valence-electron chi connectivity index (χ3n) is 2.86. The van der Waals surface area contributed by atoms with Gasteiger partial charge in [-0.05, 0) is 18.7 Å². The van der Waals surface area contributed by atoms with E-state index in [9.17, 15) is 10.1 Å². The molecule has 6 heteroatoms. The molecule has 2 N–H and O–H groups in total. The predicted molar refractivity (Wildman–Crippen MR) is 75.4 cm³/mol. The SMILES string of the molecule is CCNCCNc1ccc([N+](=O)[O-])c2cnccc12. The Bertz CT molecular complexity index is 586. The minimum absolute atomic E-state index is 0.0836. The van der Waals surface area contributed by atoms with Crippen molar-refractivity contribution in [3.05, 3.63) is 40.7 Å². The number of nitrogens with one attached hydrogen (secondary N) is 2. The number of aromatic nitrogens is 1. The molecule has 0 saturated carbocycles. The summed E-state index contributed by atoms with van der Waals surface area (Å²) in [5, 5.41) is 18.8. The molecule has 0 aliphatic rings. The maximum Gasteiger partial charge on any atom is 0.278 e. The lowest BCUT2D eigenvalue weighted by Gasteiger charge is -2.10. The summed E-state index contributed by atoms with van der Waals surface area (Å²) < 4.78 is 0. The number of nitrogens with zero attached hydrogens (tertiary/aromatic N) is 2. The zero-order valence-corrected chi connectivity index (χ0v) is 10.7. The monoisotopic (exact) mass is 260 g/mol. The van der Waals surface area contributed by atoms with Crippen molar-refractivity contribution in [3.8, 4) is 0 Å². The van der Waals surface area contributed by atoms with Gasteiger partial charge in [-0.2, -0.15) is 0 Å². The van der Waals surface area contributed by atoms with Crippen LogP contribution in [0.3, 0.4) is 0 Å². The lowest BCUT2D eigenvalue weighted by atomic mass is 10.1. The van der Waals surface area contributed by atoms with E-state index in [1.165, 1.54) is 12.3 Å². The molecule has 0 fully saturated rings. The molecule has 0 saturated heterocycles. The highest BCUT2D eigenvalue weighted by Crippen LogP contribution is 2.30. The van der Waals surface area contributed by atoms with Gasteiger partial charge >= 0.3 is 0 Å². The summed E-state index contributed by atoms with van der Waals surface area (Å²) in [6, 6.07) is 5.05. The largest absolute Gasteiger partial charge is 0.383 e. The zero-order valence-electron chi connectivity index (χ0n) is 10.7. The molecule has 6 nitrogen and oxygen atoms in total. The second kappa shape index (κ2) is 6.10. The van der Waals surface area contributed by atoms with Crippen molar-refractivity contribution in [1.82, 2.24) is 10.3 Å². The van der Waals surface area contributed by atoms with Gasteiger partial charge in [0, 0.05) is 42.6 Å². The van der Waals surface area contributed by atoms with Gasteiger partial charge in [0.05, 0.1) is 10.3 Å². The molecule has 0 unspecified atom stereocenters. The third kappa shape index (κ3) is 2.97. The maximum atomic E-state index is 11.0. The summed E-state index contributed by atoms with van der Waals surface area (Å²) in [6.45, 7) is 4.59. The van der Waals surface area contributed by atoms with Crippen LogP contribution in [0.4, 0.5) is 11.4 Å². The van der Waals surface area contributed by atoms with E-state index in [4.69, 9.17) is 0 Å². The van der Waals surface area contributed by atoms with E-state index in [-0.39, 0.29) is 10.6 Å². The van der Waals surface area contributed by atoms with Gasteiger partial charge in [-0.25, -0.2) is 0 Å². The van der Waals surface area contributed by atoms with Gasteiger partial charge in [-0.3, -0.25) is 15.1 Å². The zero-order chi connectivity index (χ0) is 13.7. The number of fused-ring (bicyclic) bond motifs is 1. The van der Waals surface area contributed by atoms with E-state index in [1.54, 1.807) is 18.3 Å². The number of hydrogen-bond donors (Lipinski definition) is 2. The number of benzene rings is 1. The first-order valence-electron chi connectivity index (χ1n) is 6.19. The lowest BCUT2D eigenvalue weighted by Crippen LogP contribution is -2.21. The predicted octanol–water partition coefficient (Wildman–Crippen LogP) is 2.16. The van der Waals surface area contributed by atoms with E-state index in [2.05, 4.69) is 15.6 Å². The molecule has 0 bridgehead atoms. The second-order valence-corrected chi connectivity index (χ2v) is 4.09. The molecule has 0 spiro atoms. The summed E-state index contributed by atoms with van der Waals surface area (Å²) in [5.74, 6) is 0. The minimum Gasteiger partial charge on any atom is -0.383 e. The van der Waals surface area contributed by atoms with Crippen LogP contribution in [-0.2, 0) is 0 Å². The molecular weight excluding hydrogens is 244 g/mol. The highest BCUT2D eigenvalue weighted by Gasteiger charge is 2.13. The molecule has 0 aliphatic carbocycles. The van der Waals surface area contributed by atoms with Crippen LogP contribution in [0.15, 0.2) is 30.6 Å². The first kappa shape index (κ1) is 13.2. The molecule has 1 aromatic carbocycles. The van der Waals surface area contributed by atoms with Crippen LogP contribution in [0.1, 0.15) is 6.92 Å². The molecule has 1 aromatic heterocycles. The Morgan fingerprint density at radius 3 is 2.84 bits per heavy atom. The Hall–Kier alpha value is -2.21. The van der Waals surface area contributed by atoms with Gasteiger partial charge in [-0.15, -0.1) is 0 Å². The van der Waals surface area contributed by atoms with Crippen LogP contribution in [0.25, 0.3) is 10.8 Å². The van der Waals surface area contributed by atoms with E-state index in [0.717, 1.165) is 30.7 Å². The fraction of sp³-hybridized carbons (Fsp3) is 0.308. The Labute approximate surface area is 111 Å². The summed E-state index contributed by atoms with van der Waals surface area (Å²) in [7, 11) is 0. The Kier molecular flexibility index (Phi) is 4.25. The molecule has 100 valence electrons. The van der Waals surface area contributed by atoms with Crippen molar-refractivity contribution >= 4 is 22.1 Å². The van der Waals surface area contributed by atoms with E-state index in [0.29, 0.717) is 5.39 Å². The molecule has 0 amide bonds. The molecule has 19 heavy (non-hydrogen) atoms. The van der Waals surface area contributed by atoms with Crippen molar-refractivity contribution in [2.75, 3.05) is 25.0 Å². The number of pyridine rings is 1. The summed E-state index contributed by atoms with van der Waals surface area (Å²) in [4.78, 5) is 14.6. The van der Waals surface area contributed by atoms with Crippen molar-refractivity contribution < 1.29 is 4.92 Å². The molecule has 0 aliphatic heterocycles.